The fourth-order valence-electron chi connectivity index (χ4n) is 2.59. The van der Waals surface area contributed by atoms with Crippen LogP contribution >= 0.6 is 0 Å². The first-order chi connectivity index (χ1) is 11.9. The average Bonchev–Trinajstić information content (AvgIpc) is 2.96. The van der Waals surface area contributed by atoms with Crippen molar-refractivity contribution in [3.05, 3.63) is 69.1 Å². The number of fused-ring (bicyclic) bond motifs is 1. The maximum absolute atomic E-state index is 13.1. The van der Waals surface area contributed by atoms with Crippen LogP contribution in [0.15, 0.2) is 46.5 Å². The summed E-state index contributed by atoms with van der Waals surface area (Å²) in [6.07, 6.45) is 1.55. The molecule has 25 heavy (non-hydrogen) atoms. The van der Waals surface area contributed by atoms with E-state index in [2.05, 4.69) is 11.6 Å². The summed E-state index contributed by atoms with van der Waals surface area (Å²) in [5.74, 6) is -0.347. The second-order valence-electron chi connectivity index (χ2n) is 5.58. The summed E-state index contributed by atoms with van der Waals surface area (Å²) in [5, 5.41) is 0. The Morgan fingerprint density at radius 2 is 1.88 bits per heavy atom. The zero-order valence-electron chi connectivity index (χ0n) is 13.9. The van der Waals surface area contributed by atoms with E-state index in [1.807, 2.05) is 0 Å². The van der Waals surface area contributed by atoms with E-state index in [1.165, 1.54) is 30.8 Å². The van der Waals surface area contributed by atoms with E-state index in [4.69, 9.17) is 4.74 Å². The van der Waals surface area contributed by atoms with Gasteiger partial charge in [0.2, 0.25) is 0 Å². The zero-order valence-corrected chi connectivity index (χ0v) is 13.9. The van der Waals surface area contributed by atoms with E-state index in [-0.39, 0.29) is 36.1 Å². The number of aromatic nitrogens is 4. The molecule has 3 rings (SSSR count). The van der Waals surface area contributed by atoms with E-state index in [1.54, 1.807) is 22.8 Å². The molecule has 0 atom stereocenters. The molecule has 0 radical (unpaired) electrons. The van der Waals surface area contributed by atoms with Crippen molar-refractivity contribution in [2.45, 2.75) is 6.54 Å². The molecule has 2 aromatic heterocycles. The Balaban J connectivity index is 2.26. The SMILES string of the molecule is C=CCOc1nc2c(c(=O)n(C)c(=O)n2C)n1Cc1ccc(F)cc1. The van der Waals surface area contributed by atoms with E-state index in [0.29, 0.717) is 0 Å². The smallest absolute Gasteiger partial charge is 0.332 e. The van der Waals surface area contributed by atoms with Crippen molar-refractivity contribution < 1.29 is 9.13 Å². The Hall–Kier alpha value is -3.16. The van der Waals surface area contributed by atoms with Crippen LogP contribution in [0.4, 0.5) is 4.39 Å². The molecule has 1 aromatic carbocycles. The molecule has 0 aliphatic heterocycles. The van der Waals surface area contributed by atoms with Gasteiger partial charge in [-0.05, 0) is 17.7 Å². The van der Waals surface area contributed by atoms with Crippen LogP contribution in [0.2, 0.25) is 0 Å². The van der Waals surface area contributed by atoms with Gasteiger partial charge < -0.3 is 4.74 Å². The lowest BCUT2D eigenvalue weighted by Gasteiger charge is -2.09. The van der Waals surface area contributed by atoms with Crippen LogP contribution in [0, 0.1) is 5.82 Å². The van der Waals surface area contributed by atoms with Crippen LogP contribution in [0.1, 0.15) is 5.56 Å². The molecule has 7 nitrogen and oxygen atoms in total. The summed E-state index contributed by atoms with van der Waals surface area (Å²) < 4.78 is 22.6. The number of ether oxygens (including phenoxy) is 1. The van der Waals surface area contributed by atoms with Crippen LogP contribution in [-0.4, -0.2) is 25.3 Å². The fraction of sp³-hybridized carbons (Fsp3) is 0.235. The Morgan fingerprint density at radius 3 is 2.52 bits per heavy atom. The van der Waals surface area contributed by atoms with E-state index in [9.17, 15) is 14.0 Å². The Kier molecular flexibility index (Phi) is 4.26. The predicted octanol–water partition coefficient (Wildman–Crippen LogP) is 1.19. The Morgan fingerprint density at radius 1 is 1.20 bits per heavy atom. The van der Waals surface area contributed by atoms with Crippen molar-refractivity contribution in [2.24, 2.45) is 14.1 Å². The monoisotopic (exact) mass is 344 g/mol. The summed E-state index contributed by atoms with van der Waals surface area (Å²) in [6, 6.07) is 6.10. The standard InChI is InChI=1S/C17H17FN4O3/c1-4-9-25-16-19-14-13(15(23)21(3)17(24)20(14)2)22(16)10-11-5-7-12(18)8-6-11/h4-8H,1,9-10H2,2-3H3. The van der Waals surface area contributed by atoms with E-state index >= 15 is 0 Å². The molecule has 0 aliphatic rings. The number of rotatable bonds is 5. The molecule has 2 heterocycles. The van der Waals surface area contributed by atoms with Crippen molar-refractivity contribution in [3.8, 4) is 6.01 Å². The summed E-state index contributed by atoms with van der Waals surface area (Å²) in [6.45, 7) is 4.03. The number of nitrogens with zero attached hydrogens (tertiary/aromatic N) is 4. The van der Waals surface area contributed by atoms with Crippen LogP contribution in [0.3, 0.4) is 0 Å². The molecule has 130 valence electrons. The molecule has 0 fully saturated rings. The highest BCUT2D eigenvalue weighted by molar-refractivity contribution is 5.72. The lowest BCUT2D eigenvalue weighted by Crippen LogP contribution is -2.37. The second kappa shape index (κ2) is 6.39. The first-order valence-electron chi connectivity index (χ1n) is 7.58. The van der Waals surface area contributed by atoms with Gasteiger partial charge in [-0.25, -0.2) is 9.18 Å². The normalized spacial score (nSPS) is 11.0. The fourth-order valence-corrected chi connectivity index (χ4v) is 2.59. The van der Waals surface area contributed by atoms with Gasteiger partial charge in [-0.1, -0.05) is 24.8 Å². The largest absolute Gasteiger partial charge is 0.460 e. The zero-order chi connectivity index (χ0) is 18.1. The van der Waals surface area contributed by atoms with Crippen LogP contribution in [-0.2, 0) is 20.6 Å². The highest BCUT2D eigenvalue weighted by atomic mass is 19.1. The molecule has 0 spiro atoms. The average molecular weight is 344 g/mol. The van der Waals surface area contributed by atoms with Crippen molar-refractivity contribution in [3.63, 3.8) is 0 Å². The van der Waals surface area contributed by atoms with Crippen molar-refractivity contribution >= 4 is 11.2 Å². The molecule has 0 unspecified atom stereocenters. The molecule has 0 bridgehead atoms. The highest BCUT2D eigenvalue weighted by Crippen LogP contribution is 2.20. The molecule has 3 aromatic rings. The van der Waals surface area contributed by atoms with Gasteiger partial charge in [-0.15, -0.1) is 0 Å². The van der Waals surface area contributed by atoms with Crippen LogP contribution in [0.25, 0.3) is 11.2 Å². The van der Waals surface area contributed by atoms with Gasteiger partial charge in [0, 0.05) is 14.1 Å². The summed E-state index contributed by atoms with van der Waals surface area (Å²) in [5.41, 5.74) is 0.294. The van der Waals surface area contributed by atoms with Gasteiger partial charge in [0.15, 0.2) is 11.2 Å². The Labute approximate surface area is 142 Å². The van der Waals surface area contributed by atoms with Gasteiger partial charge in [0.25, 0.3) is 11.6 Å². The number of hydrogen-bond acceptors (Lipinski definition) is 4. The van der Waals surface area contributed by atoms with Gasteiger partial charge in [-0.2, -0.15) is 4.98 Å². The first-order valence-corrected chi connectivity index (χ1v) is 7.58. The number of benzene rings is 1. The Bertz CT molecular complexity index is 1060. The lowest BCUT2D eigenvalue weighted by molar-refractivity contribution is 0.320. The van der Waals surface area contributed by atoms with E-state index in [0.717, 1.165) is 10.1 Å². The van der Waals surface area contributed by atoms with Gasteiger partial charge >= 0.3 is 5.69 Å². The molecular formula is C17H17FN4O3. The number of aryl methyl sites for hydroxylation is 1. The maximum atomic E-state index is 13.1. The summed E-state index contributed by atoms with van der Waals surface area (Å²) in [4.78, 5) is 29.0. The first kappa shape index (κ1) is 16.7. The molecule has 0 aliphatic carbocycles. The minimum Gasteiger partial charge on any atom is -0.460 e. The van der Waals surface area contributed by atoms with Crippen molar-refractivity contribution in [1.82, 2.24) is 18.7 Å². The van der Waals surface area contributed by atoms with Crippen LogP contribution in [0.5, 0.6) is 6.01 Å². The number of imidazole rings is 1. The molecule has 0 saturated heterocycles. The minimum absolute atomic E-state index is 0.192. The van der Waals surface area contributed by atoms with Gasteiger partial charge in [0.1, 0.15) is 12.4 Å². The van der Waals surface area contributed by atoms with E-state index < -0.39 is 11.2 Å². The second-order valence-corrected chi connectivity index (χ2v) is 5.58. The lowest BCUT2D eigenvalue weighted by atomic mass is 10.2. The predicted molar refractivity (Wildman–Crippen MR) is 91.4 cm³/mol. The number of hydrogen-bond donors (Lipinski definition) is 0. The van der Waals surface area contributed by atoms with Crippen LogP contribution < -0.4 is 16.0 Å². The van der Waals surface area contributed by atoms with Crippen molar-refractivity contribution in [1.29, 1.82) is 0 Å². The third-order valence-corrected chi connectivity index (χ3v) is 3.90. The molecular weight excluding hydrogens is 327 g/mol. The molecule has 0 amide bonds. The van der Waals surface area contributed by atoms with Crippen molar-refractivity contribution in [2.75, 3.05) is 6.61 Å². The third-order valence-electron chi connectivity index (χ3n) is 3.90. The highest BCUT2D eigenvalue weighted by Gasteiger charge is 2.20. The summed E-state index contributed by atoms with van der Waals surface area (Å²) in [7, 11) is 2.94. The molecule has 8 heteroatoms. The topological polar surface area (TPSA) is 71.1 Å². The molecule has 0 N–H and O–H groups in total. The number of halogens is 1. The minimum atomic E-state index is -0.473. The molecule has 0 saturated carbocycles. The quantitative estimate of drug-likeness (QED) is 0.652. The third kappa shape index (κ3) is 2.86. The maximum Gasteiger partial charge on any atom is 0.332 e. The van der Waals surface area contributed by atoms with Gasteiger partial charge in [-0.3, -0.25) is 18.5 Å². The summed E-state index contributed by atoms with van der Waals surface area (Å²) >= 11 is 0. The van der Waals surface area contributed by atoms with Gasteiger partial charge in [0.05, 0.1) is 6.54 Å².